The molecule has 0 radical (unpaired) electrons. The number of aromatic nitrogens is 2. The molecule has 4 heteroatoms. The third-order valence-electron chi connectivity index (χ3n) is 3.37. The van der Waals surface area contributed by atoms with Gasteiger partial charge in [-0.05, 0) is 18.2 Å². The first kappa shape index (κ1) is 13.4. The zero-order valence-corrected chi connectivity index (χ0v) is 11.7. The highest BCUT2D eigenvalue weighted by Crippen LogP contribution is 2.06. The number of nitrogens with zero attached hydrogens (tertiary/aromatic N) is 1. The van der Waals surface area contributed by atoms with Crippen molar-refractivity contribution in [2.24, 2.45) is 0 Å². The molecule has 0 fully saturated rings. The van der Waals surface area contributed by atoms with Gasteiger partial charge in [0.05, 0.1) is 10.9 Å². The van der Waals surface area contributed by atoms with Crippen LogP contribution in [0.1, 0.15) is 12.2 Å². The molecule has 1 aromatic heterocycles. The van der Waals surface area contributed by atoms with Gasteiger partial charge in [-0.25, -0.2) is 4.98 Å². The number of para-hydroxylation sites is 1. The normalized spacial score (nSPS) is 14.0. The summed E-state index contributed by atoms with van der Waals surface area (Å²) in [5, 5.41) is 4.01. The minimum Gasteiger partial charge on any atom is -0.388 e. The van der Waals surface area contributed by atoms with E-state index < -0.39 is 0 Å². The third-order valence-corrected chi connectivity index (χ3v) is 3.37. The van der Waals surface area contributed by atoms with Crippen LogP contribution in [0.15, 0.2) is 65.1 Å². The van der Waals surface area contributed by atoms with Crippen LogP contribution < -0.4 is 10.9 Å². The fourth-order valence-electron chi connectivity index (χ4n) is 2.30. The van der Waals surface area contributed by atoms with Gasteiger partial charge in [-0.15, -0.1) is 0 Å². The Morgan fingerprint density at radius 3 is 3.05 bits per heavy atom. The van der Waals surface area contributed by atoms with Crippen LogP contribution in [-0.2, 0) is 6.42 Å². The Kier molecular flexibility index (Phi) is 3.96. The number of allylic oxidation sites excluding steroid dienone is 5. The number of nitrogens with one attached hydrogen (secondary N) is 2. The fourth-order valence-corrected chi connectivity index (χ4v) is 2.30. The number of H-pyrrole nitrogens is 1. The van der Waals surface area contributed by atoms with E-state index in [1.807, 2.05) is 36.4 Å². The Bertz CT molecular complexity index is 784. The van der Waals surface area contributed by atoms with Gasteiger partial charge < -0.3 is 10.3 Å². The second kappa shape index (κ2) is 6.22. The largest absolute Gasteiger partial charge is 0.388 e. The maximum atomic E-state index is 12.0. The van der Waals surface area contributed by atoms with Gasteiger partial charge in [0.2, 0.25) is 0 Å². The second-order valence-electron chi connectivity index (χ2n) is 4.92. The topological polar surface area (TPSA) is 57.8 Å². The van der Waals surface area contributed by atoms with E-state index in [1.54, 1.807) is 6.07 Å². The monoisotopic (exact) mass is 279 g/mol. The lowest BCUT2D eigenvalue weighted by Crippen LogP contribution is -2.19. The molecule has 106 valence electrons. The predicted molar refractivity (Wildman–Crippen MR) is 85.1 cm³/mol. The van der Waals surface area contributed by atoms with Gasteiger partial charge in [-0.1, -0.05) is 36.4 Å². The molecule has 0 unspecified atom stereocenters. The van der Waals surface area contributed by atoms with Crippen molar-refractivity contribution in [3.63, 3.8) is 0 Å². The van der Waals surface area contributed by atoms with Gasteiger partial charge in [-0.3, -0.25) is 4.79 Å². The summed E-state index contributed by atoms with van der Waals surface area (Å²) in [5.74, 6) is 0.714. The van der Waals surface area contributed by atoms with Crippen molar-refractivity contribution < 1.29 is 0 Å². The third kappa shape index (κ3) is 3.28. The van der Waals surface area contributed by atoms with Gasteiger partial charge in [-0.2, -0.15) is 0 Å². The number of aromatic amines is 1. The number of rotatable bonds is 4. The molecule has 1 aliphatic rings. The van der Waals surface area contributed by atoms with Crippen LogP contribution in [0, 0.1) is 0 Å². The van der Waals surface area contributed by atoms with Crippen molar-refractivity contribution >= 4 is 10.9 Å². The molecule has 21 heavy (non-hydrogen) atoms. The lowest BCUT2D eigenvalue weighted by atomic mass is 10.2. The molecule has 0 spiro atoms. The van der Waals surface area contributed by atoms with Crippen LogP contribution >= 0.6 is 0 Å². The van der Waals surface area contributed by atoms with Crippen molar-refractivity contribution in [2.45, 2.75) is 12.8 Å². The summed E-state index contributed by atoms with van der Waals surface area (Å²) in [6.45, 7) is 0.745. The molecule has 0 amide bonds. The Labute approximate surface area is 122 Å². The molecule has 1 aromatic carbocycles. The number of hydrogen-bond acceptors (Lipinski definition) is 3. The highest BCUT2D eigenvalue weighted by Gasteiger charge is 2.03. The van der Waals surface area contributed by atoms with Crippen molar-refractivity contribution in [1.29, 1.82) is 0 Å². The van der Waals surface area contributed by atoms with E-state index in [0.717, 1.165) is 18.5 Å². The number of fused-ring (bicyclic) bond motifs is 1. The first-order valence-electron chi connectivity index (χ1n) is 7.07. The van der Waals surface area contributed by atoms with Crippen LogP contribution in [0.3, 0.4) is 0 Å². The average molecular weight is 279 g/mol. The average Bonchev–Trinajstić information content (AvgIpc) is 2.76. The summed E-state index contributed by atoms with van der Waals surface area (Å²) in [6.07, 6.45) is 11.8. The molecule has 0 atom stereocenters. The fraction of sp³-hybridized carbons (Fsp3) is 0.176. The minimum absolute atomic E-state index is 0.0739. The van der Waals surface area contributed by atoms with Crippen molar-refractivity contribution in [1.82, 2.24) is 15.3 Å². The molecular formula is C17H17N3O. The summed E-state index contributed by atoms with van der Waals surface area (Å²) < 4.78 is 0. The molecule has 4 nitrogen and oxygen atoms in total. The maximum absolute atomic E-state index is 12.0. The standard InChI is InChI=1S/C17H17N3O/c21-17-14-9-5-6-10-15(14)19-16(20-17)11-12-18-13-7-3-1-2-4-8-13/h1-7,9-10,18H,8,11-12H2,(H,19,20,21). The quantitative estimate of drug-likeness (QED) is 0.904. The van der Waals surface area contributed by atoms with Crippen LogP contribution in [0.25, 0.3) is 10.9 Å². The van der Waals surface area contributed by atoms with E-state index in [2.05, 4.69) is 27.4 Å². The Balaban J connectivity index is 1.68. The Morgan fingerprint density at radius 1 is 1.19 bits per heavy atom. The van der Waals surface area contributed by atoms with Crippen molar-refractivity contribution in [3.05, 3.63) is 76.5 Å². The summed E-state index contributed by atoms with van der Waals surface area (Å²) in [5.41, 5.74) is 1.84. The highest BCUT2D eigenvalue weighted by atomic mass is 16.1. The van der Waals surface area contributed by atoms with Gasteiger partial charge >= 0.3 is 0 Å². The molecule has 2 N–H and O–H groups in total. The van der Waals surface area contributed by atoms with Crippen LogP contribution in [0.2, 0.25) is 0 Å². The van der Waals surface area contributed by atoms with E-state index in [0.29, 0.717) is 17.6 Å². The van der Waals surface area contributed by atoms with Gasteiger partial charge in [0.1, 0.15) is 5.82 Å². The molecule has 1 aliphatic carbocycles. The number of benzene rings is 1. The van der Waals surface area contributed by atoms with E-state index >= 15 is 0 Å². The molecule has 0 bridgehead atoms. The molecule has 0 saturated carbocycles. The summed E-state index contributed by atoms with van der Waals surface area (Å²) >= 11 is 0. The van der Waals surface area contributed by atoms with Crippen molar-refractivity contribution in [2.75, 3.05) is 6.54 Å². The lowest BCUT2D eigenvalue weighted by molar-refractivity contribution is 0.742. The van der Waals surface area contributed by atoms with Crippen LogP contribution in [-0.4, -0.2) is 16.5 Å². The minimum atomic E-state index is -0.0739. The SMILES string of the molecule is O=c1[nH]c(CCNC2=CC=CC=CC2)nc2ccccc12. The Hall–Kier alpha value is -2.62. The van der Waals surface area contributed by atoms with Gasteiger partial charge in [0.15, 0.2) is 0 Å². The highest BCUT2D eigenvalue weighted by molar-refractivity contribution is 5.77. The molecular weight excluding hydrogens is 262 g/mol. The van der Waals surface area contributed by atoms with Gasteiger partial charge in [0, 0.05) is 25.1 Å². The number of hydrogen-bond donors (Lipinski definition) is 2. The molecule has 1 heterocycles. The first-order chi connectivity index (χ1) is 10.3. The van der Waals surface area contributed by atoms with E-state index in [1.165, 1.54) is 5.70 Å². The van der Waals surface area contributed by atoms with Crippen LogP contribution in [0.4, 0.5) is 0 Å². The lowest BCUT2D eigenvalue weighted by Gasteiger charge is -2.08. The maximum Gasteiger partial charge on any atom is 0.258 e. The smallest absolute Gasteiger partial charge is 0.258 e. The zero-order valence-electron chi connectivity index (χ0n) is 11.7. The summed E-state index contributed by atoms with van der Waals surface area (Å²) in [7, 11) is 0. The molecule has 0 aliphatic heterocycles. The van der Waals surface area contributed by atoms with E-state index in [-0.39, 0.29) is 5.56 Å². The van der Waals surface area contributed by atoms with Crippen molar-refractivity contribution in [3.8, 4) is 0 Å². The summed E-state index contributed by atoms with van der Waals surface area (Å²) in [4.78, 5) is 19.3. The van der Waals surface area contributed by atoms with Gasteiger partial charge in [0.25, 0.3) is 5.56 Å². The van der Waals surface area contributed by atoms with E-state index in [4.69, 9.17) is 0 Å². The first-order valence-corrected chi connectivity index (χ1v) is 7.07. The predicted octanol–water partition coefficient (Wildman–Crippen LogP) is 2.46. The van der Waals surface area contributed by atoms with E-state index in [9.17, 15) is 4.79 Å². The second-order valence-corrected chi connectivity index (χ2v) is 4.92. The molecule has 2 aromatic rings. The molecule has 0 saturated heterocycles. The summed E-state index contributed by atoms with van der Waals surface area (Å²) in [6, 6.07) is 7.40. The zero-order chi connectivity index (χ0) is 14.5. The molecule has 3 rings (SSSR count). The Morgan fingerprint density at radius 2 is 2.10 bits per heavy atom. The van der Waals surface area contributed by atoms with Crippen LogP contribution in [0.5, 0.6) is 0 Å².